The first kappa shape index (κ1) is 16.1. The van der Waals surface area contributed by atoms with E-state index in [1.807, 2.05) is 37.2 Å². The van der Waals surface area contributed by atoms with Crippen LogP contribution in [0.5, 0.6) is 5.75 Å². The minimum absolute atomic E-state index is 0.278. The Kier molecular flexibility index (Phi) is 4.90. The van der Waals surface area contributed by atoms with E-state index >= 15 is 0 Å². The van der Waals surface area contributed by atoms with Crippen molar-refractivity contribution in [2.75, 3.05) is 25.5 Å². The number of carbonyl (C=O) groups excluding carboxylic acids is 1. The predicted octanol–water partition coefficient (Wildman–Crippen LogP) is 1.60. The van der Waals surface area contributed by atoms with E-state index in [1.165, 1.54) is 4.90 Å². The molecule has 1 fully saturated rings. The summed E-state index contributed by atoms with van der Waals surface area (Å²) < 4.78 is 5.70. The number of amides is 1. The summed E-state index contributed by atoms with van der Waals surface area (Å²) >= 11 is 0. The van der Waals surface area contributed by atoms with Crippen LogP contribution in [-0.2, 0) is 9.59 Å². The number of carbonyl (C=O) groups is 2. The van der Waals surface area contributed by atoms with Crippen molar-refractivity contribution in [1.29, 1.82) is 0 Å². The minimum Gasteiger partial charge on any atom is -0.481 e. The lowest BCUT2D eigenvalue weighted by Gasteiger charge is -2.25. The molecule has 1 aromatic rings. The molecule has 1 heterocycles. The summed E-state index contributed by atoms with van der Waals surface area (Å²) in [6.07, 6.45) is 0.507. The number of ether oxygens (including phenoxy) is 1. The van der Waals surface area contributed by atoms with Gasteiger partial charge in [0, 0.05) is 32.4 Å². The van der Waals surface area contributed by atoms with Gasteiger partial charge in [-0.2, -0.15) is 0 Å². The maximum Gasteiger partial charge on any atom is 0.326 e. The molecular formula is C16H22N2O4. The summed E-state index contributed by atoms with van der Waals surface area (Å²) in [4.78, 5) is 26.9. The smallest absolute Gasteiger partial charge is 0.326 e. The van der Waals surface area contributed by atoms with E-state index in [2.05, 4.69) is 0 Å². The summed E-state index contributed by atoms with van der Waals surface area (Å²) in [7, 11) is 3.85. The van der Waals surface area contributed by atoms with Gasteiger partial charge in [0.1, 0.15) is 11.8 Å². The maximum absolute atomic E-state index is 12.4. The molecule has 1 aromatic carbocycles. The van der Waals surface area contributed by atoms with Crippen molar-refractivity contribution in [2.24, 2.45) is 0 Å². The van der Waals surface area contributed by atoms with Crippen molar-refractivity contribution < 1.29 is 19.4 Å². The van der Waals surface area contributed by atoms with E-state index in [1.54, 1.807) is 13.0 Å². The number of nitrogens with zero attached hydrogens (tertiary/aromatic N) is 2. The maximum atomic E-state index is 12.4. The van der Waals surface area contributed by atoms with Gasteiger partial charge in [-0.1, -0.05) is 6.07 Å². The quantitative estimate of drug-likeness (QED) is 0.894. The predicted molar refractivity (Wildman–Crippen MR) is 83.2 cm³/mol. The monoisotopic (exact) mass is 306 g/mol. The van der Waals surface area contributed by atoms with Crippen LogP contribution in [0.1, 0.15) is 19.8 Å². The number of likely N-dealkylation sites (tertiary alicyclic amines) is 1. The molecule has 0 bridgehead atoms. The zero-order chi connectivity index (χ0) is 16.3. The van der Waals surface area contributed by atoms with Gasteiger partial charge in [-0.05, 0) is 31.9 Å². The molecule has 0 aliphatic carbocycles. The largest absolute Gasteiger partial charge is 0.481 e. The van der Waals surface area contributed by atoms with Gasteiger partial charge in [0.25, 0.3) is 5.91 Å². The van der Waals surface area contributed by atoms with Crippen LogP contribution in [0.3, 0.4) is 0 Å². The summed E-state index contributed by atoms with van der Waals surface area (Å²) in [5, 5.41) is 9.16. The fraction of sp³-hybridized carbons (Fsp3) is 0.500. The van der Waals surface area contributed by atoms with Crippen LogP contribution < -0.4 is 9.64 Å². The molecule has 1 aliphatic rings. The number of carboxylic acid groups (broad SMARTS) is 1. The zero-order valence-electron chi connectivity index (χ0n) is 13.2. The molecule has 6 heteroatoms. The highest BCUT2D eigenvalue weighted by Crippen LogP contribution is 2.23. The molecule has 1 saturated heterocycles. The van der Waals surface area contributed by atoms with Gasteiger partial charge in [-0.3, -0.25) is 4.79 Å². The average Bonchev–Trinajstić information content (AvgIpc) is 2.96. The molecule has 6 nitrogen and oxygen atoms in total. The van der Waals surface area contributed by atoms with Gasteiger partial charge in [-0.15, -0.1) is 0 Å². The number of hydrogen-bond acceptors (Lipinski definition) is 4. The molecule has 2 rings (SSSR count). The number of rotatable bonds is 5. The Balaban J connectivity index is 2.05. The lowest BCUT2D eigenvalue weighted by atomic mass is 10.2. The molecule has 22 heavy (non-hydrogen) atoms. The third-order valence-corrected chi connectivity index (χ3v) is 3.82. The normalized spacial score (nSPS) is 18.9. The Bertz CT molecular complexity index is 559. The third-order valence-electron chi connectivity index (χ3n) is 3.82. The second kappa shape index (κ2) is 6.68. The molecule has 1 amide bonds. The van der Waals surface area contributed by atoms with E-state index in [0.29, 0.717) is 25.1 Å². The van der Waals surface area contributed by atoms with Crippen LogP contribution in [-0.4, -0.2) is 54.7 Å². The molecule has 1 aliphatic heterocycles. The van der Waals surface area contributed by atoms with Crippen molar-refractivity contribution in [2.45, 2.75) is 31.9 Å². The van der Waals surface area contributed by atoms with Crippen LogP contribution in [0, 0.1) is 0 Å². The van der Waals surface area contributed by atoms with Crippen LogP contribution in [0.15, 0.2) is 24.3 Å². The molecule has 2 atom stereocenters. The Morgan fingerprint density at radius 2 is 2.14 bits per heavy atom. The second-order valence-corrected chi connectivity index (χ2v) is 5.68. The van der Waals surface area contributed by atoms with Crippen molar-refractivity contribution in [3.05, 3.63) is 24.3 Å². The van der Waals surface area contributed by atoms with Gasteiger partial charge in [0.2, 0.25) is 0 Å². The number of aliphatic carboxylic acids is 1. The van der Waals surface area contributed by atoms with E-state index in [9.17, 15) is 9.59 Å². The van der Waals surface area contributed by atoms with Gasteiger partial charge >= 0.3 is 5.97 Å². The van der Waals surface area contributed by atoms with Crippen LogP contribution in [0.25, 0.3) is 0 Å². The lowest BCUT2D eigenvalue weighted by molar-refractivity contribution is -0.150. The highest BCUT2D eigenvalue weighted by Gasteiger charge is 2.36. The number of benzene rings is 1. The Morgan fingerprint density at radius 3 is 2.77 bits per heavy atom. The van der Waals surface area contributed by atoms with Crippen molar-refractivity contribution in [3.8, 4) is 5.75 Å². The van der Waals surface area contributed by atoms with Crippen LogP contribution in [0.4, 0.5) is 5.69 Å². The average molecular weight is 306 g/mol. The highest BCUT2D eigenvalue weighted by atomic mass is 16.5. The molecule has 120 valence electrons. The van der Waals surface area contributed by atoms with E-state index in [-0.39, 0.29) is 5.91 Å². The molecule has 0 radical (unpaired) electrons. The molecule has 2 unspecified atom stereocenters. The summed E-state index contributed by atoms with van der Waals surface area (Å²) in [6, 6.07) is 6.71. The van der Waals surface area contributed by atoms with Crippen LogP contribution >= 0.6 is 0 Å². The first-order valence-corrected chi connectivity index (χ1v) is 7.37. The Morgan fingerprint density at radius 1 is 1.41 bits per heavy atom. The molecule has 0 spiro atoms. The van der Waals surface area contributed by atoms with Crippen molar-refractivity contribution in [3.63, 3.8) is 0 Å². The minimum atomic E-state index is -0.951. The standard InChI is InChI=1S/C16H22N2O4/c1-11(15(19)18-9-5-8-14(18)16(20)21)22-13-7-4-6-12(10-13)17(2)3/h4,6-7,10-11,14H,5,8-9H2,1-3H3,(H,20,21). The van der Waals surface area contributed by atoms with Crippen molar-refractivity contribution >= 4 is 17.6 Å². The number of anilines is 1. The number of carboxylic acids is 1. The van der Waals surface area contributed by atoms with Gasteiger partial charge in [0.15, 0.2) is 6.10 Å². The summed E-state index contributed by atoms with van der Waals surface area (Å²) in [6.45, 7) is 2.13. The fourth-order valence-corrected chi connectivity index (χ4v) is 2.61. The number of hydrogen-bond donors (Lipinski definition) is 1. The first-order valence-electron chi connectivity index (χ1n) is 7.37. The lowest BCUT2D eigenvalue weighted by Crippen LogP contribution is -2.46. The molecule has 0 aromatic heterocycles. The van der Waals surface area contributed by atoms with E-state index in [0.717, 1.165) is 5.69 Å². The van der Waals surface area contributed by atoms with Gasteiger partial charge in [0.05, 0.1) is 0 Å². The topological polar surface area (TPSA) is 70.1 Å². The fourth-order valence-electron chi connectivity index (χ4n) is 2.61. The van der Waals surface area contributed by atoms with Crippen LogP contribution in [0.2, 0.25) is 0 Å². The summed E-state index contributed by atoms with van der Waals surface area (Å²) in [5.74, 6) is -0.633. The third kappa shape index (κ3) is 3.50. The van der Waals surface area contributed by atoms with Gasteiger partial charge in [-0.25, -0.2) is 4.79 Å². The van der Waals surface area contributed by atoms with Crippen molar-refractivity contribution in [1.82, 2.24) is 4.90 Å². The second-order valence-electron chi connectivity index (χ2n) is 5.68. The highest BCUT2D eigenvalue weighted by molar-refractivity contribution is 5.87. The van der Waals surface area contributed by atoms with E-state index < -0.39 is 18.1 Å². The summed E-state index contributed by atoms with van der Waals surface area (Å²) in [5.41, 5.74) is 0.974. The molecule has 0 saturated carbocycles. The van der Waals surface area contributed by atoms with Gasteiger partial charge < -0.3 is 19.6 Å². The molecule has 1 N–H and O–H groups in total. The SMILES string of the molecule is CC(Oc1cccc(N(C)C)c1)C(=O)N1CCCC1C(=O)O. The zero-order valence-corrected chi connectivity index (χ0v) is 13.2. The Hall–Kier alpha value is -2.24. The Labute approximate surface area is 130 Å². The first-order chi connectivity index (χ1) is 10.4. The molecular weight excluding hydrogens is 284 g/mol. The van der Waals surface area contributed by atoms with E-state index in [4.69, 9.17) is 9.84 Å².